The first-order chi connectivity index (χ1) is 6.05. The van der Waals surface area contributed by atoms with Crippen LogP contribution in [0.3, 0.4) is 0 Å². The standard InChI is InChI=1S/C9H11F2NO/c1-2-5-12-8(13)7-3-4-9(10,11)6-7/h1,7H,3-6H2,(H,12,13). The molecule has 0 heterocycles. The fraction of sp³-hybridized carbons (Fsp3) is 0.667. The molecule has 1 N–H and O–H groups in total. The van der Waals surface area contributed by atoms with Crippen LogP contribution in [0, 0.1) is 18.3 Å². The van der Waals surface area contributed by atoms with Gasteiger partial charge in [-0.15, -0.1) is 6.42 Å². The molecule has 0 bridgehead atoms. The molecule has 4 heteroatoms. The molecule has 0 aromatic heterocycles. The summed E-state index contributed by atoms with van der Waals surface area (Å²) in [6.45, 7) is 0.112. The van der Waals surface area contributed by atoms with E-state index in [0.717, 1.165) is 0 Å². The molecule has 0 aromatic rings. The summed E-state index contributed by atoms with van der Waals surface area (Å²) in [5, 5.41) is 2.40. The molecule has 72 valence electrons. The molecule has 1 unspecified atom stereocenters. The summed E-state index contributed by atoms with van der Waals surface area (Å²) in [5.74, 6) is -1.36. The quantitative estimate of drug-likeness (QED) is 0.646. The van der Waals surface area contributed by atoms with Crippen molar-refractivity contribution in [3.05, 3.63) is 0 Å². The van der Waals surface area contributed by atoms with Crippen LogP contribution >= 0.6 is 0 Å². The van der Waals surface area contributed by atoms with Crippen LogP contribution in [0.2, 0.25) is 0 Å². The number of alkyl halides is 2. The monoisotopic (exact) mass is 187 g/mol. The maximum absolute atomic E-state index is 12.7. The number of carbonyl (C=O) groups is 1. The Morgan fingerprint density at radius 1 is 1.69 bits per heavy atom. The maximum atomic E-state index is 12.7. The molecule has 0 radical (unpaired) electrons. The van der Waals surface area contributed by atoms with Crippen LogP contribution in [0.4, 0.5) is 8.78 Å². The van der Waals surface area contributed by atoms with Gasteiger partial charge in [-0.1, -0.05) is 5.92 Å². The Morgan fingerprint density at radius 2 is 2.38 bits per heavy atom. The van der Waals surface area contributed by atoms with E-state index in [2.05, 4.69) is 11.2 Å². The number of terminal acetylenes is 1. The molecule has 2 nitrogen and oxygen atoms in total. The summed E-state index contributed by atoms with van der Waals surface area (Å²) in [7, 11) is 0. The molecule has 0 spiro atoms. The van der Waals surface area contributed by atoms with Gasteiger partial charge in [0.15, 0.2) is 0 Å². The first-order valence-electron chi connectivity index (χ1n) is 4.14. The van der Waals surface area contributed by atoms with E-state index in [0.29, 0.717) is 0 Å². The van der Waals surface area contributed by atoms with Crippen LogP contribution in [0.5, 0.6) is 0 Å². The topological polar surface area (TPSA) is 29.1 Å². The van der Waals surface area contributed by atoms with Gasteiger partial charge < -0.3 is 5.32 Å². The maximum Gasteiger partial charge on any atom is 0.248 e. The van der Waals surface area contributed by atoms with Crippen LogP contribution in [-0.2, 0) is 4.79 Å². The van der Waals surface area contributed by atoms with Crippen molar-refractivity contribution < 1.29 is 13.6 Å². The normalized spacial score (nSPS) is 25.2. The summed E-state index contributed by atoms with van der Waals surface area (Å²) in [5.41, 5.74) is 0. The SMILES string of the molecule is C#CCNC(=O)C1CCC(F)(F)C1. The second-order valence-electron chi connectivity index (χ2n) is 3.22. The fourth-order valence-corrected chi connectivity index (χ4v) is 1.46. The molecule has 0 aromatic carbocycles. The lowest BCUT2D eigenvalue weighted by Gasteiger charge is -2.09. The molecular formula is C9H11F2NO. The molecule has 1 saturated carbocycles. The smallest absolute Gasteiger partial charge is 0.248 e. The van der Waals surface area contributed by atoms with Gasteiger partial charge in [-0.25, -0.2) is 8.78 Å². The van der Waals surface area contributed by atoms with E-state index in [-0.39, 0.29) is 31.7 Å². The van der Waals surface area contributed by atoms with E-state index in [1.165, 1.54) is 0 Å². The number of carbonyl (C=O) groups excluding carboxylic acids is 1. The lowest BCUT2D eigenvalue weighted by molar-refractivity contribution is -0.125. The predicted molar refractivity (Wildman–Crippen MR) is 44.1 cm³/mol. The van der Waals surface area contributed by atoms with E-state index in [1.54, 1.807) is 0 Å². The van der Waals surface area contributed by atoms with Gasteiger partial charge in [0.05, 0.1) is 6.54 Å². The van der Waals surface area contributed by atoms with E-state index >= 15 is 0 Å². The molecule has 1 amide bonds. The van der Waals surface area contributed by atoms with Crippen molar-refractivity contribution in [1.82, 2.24) is 5.32 Å². The summed E-state index contributed by atoms with van der Waals surface area (Å²) in [6, 6.07) is 0. The third-order valence-corrected chi connectivity index (χ3v) is 2.14. The fourth-order valence-electron chi connectivity index (χ4n) is 1.46. The number of amides is 1. The zero-order valence-electron chi connectivity index (χ0n) is 7.15. The summed E-state index contributed by atoms with van der Waals surface area (Å²) < 4.78 is 25.3. The van der Waals surface area contributed by atoms with E-state index in [4.69, 9.17) is 6.42 Å². The van der Waals surface area contributed by atoms with Gasteiger partial charge in [-0.05, 0) is 6.42 Å². The molecule has 1 atom stereocenters. The average molecular weight is 187 g/mol. The third kappa shape index (κ3) is 2.69. The van der Waals surface area contributed by atoms with Crippen molar-refractivity contribution in [2.24, 2.45) is 5.92 Å². The molecule has 1 rings (SSSR count). The van der Waals surface area contributed by atoms with Crippen molar-refractivity contribution in [2.75, 3.05) is 6.54 Å². The minimum atomic E-state index is -2.67. The van der Waals surface area contributed by atoms with Crippen molar-refractivity contribution in [3.8, 4) is 12.3 Å². The Labute approximate surface area is 75.7 Å². The minimum absolute atomic E-state index is 0.112. The van der Waals surface area contributed by atoms with Gasteiger partial charge >= 0.3 is 0 Å². The highest BCUT2D eigenvalue weighted by Gasteiger charge is 2.42. The highest BCUT2D eigenvalue weighted by molar-refractivity contribution is 5.79. The lowest BCUT2D eigenvalue weighted by Crippen LogP contribution is -2.30. The van der Waals surface area contributed by atoms with Crippen LogP contribution in [0.25, 0.3) is 0 Å². The Balaban J connectivity index is 2.39. The van der Waals surface area contributed by atoms with Gasteiger partial charge in [0, 0.05) is 18.8 Å². The van der Waals surface area contributed by atoms with Crippen molar-refractivity contribution >= 4 is 5.91 Å². The van der Waals surface area contributed by atoms with Gasteiger partial charge in [0.1, 0.15) is 0 Å². The third-order valence-electron chi connectivity index (χ3n) is 2.14. The number of hydrogen-bond acceptors (Lipinski definition) is 1. The summed E-state index contributed by atoms with van der Waals surface area (Å²) >= 11 is 0. The lowest BCUT2D eigenvalue weighted by atomic mass is 10.1. The molecule has 1 fully saturated rings. The first kappa shape index (κ1) is 9.97. The molecule has 1 aliphatic rings. The van der Waals surface area contributed by atoms with E-state index in [1.807, 2.05) is 0 Å². The summed E-state index contributed by atoms with van der Waals surface area (Å²) in [4.78, 5) is 11.2. The number of hydrogen-bond donors (Lipinski definition) is 1. The number of halogens is 2. The van der Waals surface area contributed by atoms with Crippen LogP contribution in [0.15, 0.2) is 0 Å². The van der Waals surface area contributed by atoms with Gasteiger partial charge in [0.25, 0.3) is 0 Å². The van der Waals surface area contributed by atoms with E-state index in [9.17, 15) is 13.6 Å². The Hall–Kier alpha value is -1.11. The molecule has 0 saturated heterocycles. The highest BCUT2D eigenvalue weighted by Crippen LogP contribution is 2.38. The van der Waals surface area contributed by atoms with Crippen LogP contribution in [-0.4, -0.2) is 18.4 Å². The van der Waals surface area contributed by atoms with Gasteiger partial charge in [0.2, 0.25) is 11.8 Å². The predicted octanol–water partition coefficient (Wildman–Crippen LogP) is 1.17. The second kappa shape index (κ2) is 3.73. The van der Waals surface area contributed by atoms with Crippen molar-refractivity contribution in [1.29, 1.82) is 0 Å². The highest BCUT2D eigenvalue weighted by atomic mass is 19.3. The van der Waals surface area contributed by atoms with Gasteiger partial charge in [-0.3, -0.25) is 4.79 Å². The zero-order chi connectivity index (χ0) is 9.90. The minimum Gasteiger partial charge on any atom is -0.345 e. The molecule has 13 heavy (non-hydrogen) atoms. The number of nitrogens with one attached hydrogen (secondary N) is 1. The van der Waals surface area contributed by atoms with E-state index < -0.39 is 11.8 Å². The largest absolute Gasteiger partial charge is 0.345 e. The zero-order valence-corrected chi connectivity index (χ0v) is 7.15. The number of rotatable bonds is 2. The second-order valence-corrected chi connectivity index (χ2v) is 3.22. The van der Waals surface area contributed by atoms with Crippen molar-refractivity contribution in [2.45, 2.75) is 25.2 Å². The Bertz CT molecular complexity index is 244. The average Bonchev–Trinajstić information content (AvgIpc) is 2.42. The Morgan fingerprint density at radius 3 is 2.85 bits per heavy atom. The van der Waals surface area contributed by atoms with Crippen LogP contribution < -0.4 is 5.32 Å². The van der Waals surface area contributed by atoms with Crippen LogP contribution in [0.1, 0.15) is 19.3 Å². The van der Waals surface area contributed by atoms with Gasteiger partial charge in [-0.2, -0.15) is 0 Å². The Kier molecular flexibility index (Phi) is 2.86. The summed E-state index contributed by atoms with van der Waals surface area (Å²) in [6.07, 6.45) is 4.63. The first-order valence-corrected chi connectivity index (χ1v) is 4.14. The molecule has 1 aliphatic carbocycles. The molecule has 0 aliphatic heterocycles. The molecular weight excluding hydrogens is 176 g/mol. The van der Waals surface area contributed by atoms with Crippen molar-refractivity contribution in [3.63, 3.8) is 0 Å².